The summed E-state index contributed by atoms with van der Waals surface area (Å²) < 4.78 is 2.19. The SMILES string of the molecule is O=C1[C@@H]2[C@@H]3C=C[C@H]([C@@H]4C[C@H]34)[C@@H]2C(=O)N1/N=C\c1cn(Cc2ccccc2)c2ccccc12. The molecule has 3 aromatic rings. The van der Waals surface area contributed by atoms with Crippen molar-refractivity contribution in [2.45, 2.75) is 13.0 Å². The lowest BCUT2D eigenvalue weighted by Gasteiger charge is -2.37. The molecular formula is C27H23N3O2. The van der Waals surface area contributed by atoms with Crippen LogP contribution in [0.2, 0.25) is 0 Å². The van der Waals surface area contributed by atoms with Gasteiger partial charge in [0, 0.05) is 29.2 Å². The number of aromatic nitrogens is 1. The minimum absolute atomic E-state index is 0.117. The van der Waals surface area contributed by atoms with Crippen molar-refractivity contribution in [2.75, 3.05) is 0 Å². The number of allylic oxidation sites excluding steroid dienone is 2. The molecule has 1 aromatic heterocycles. The first-order chi connectivity index (χ1) is 15.7. The van der Waals surface area contributed by atoms with Gasteiger partial charge in [-0.15, -0.1) is 0 Å². The molecule has 6 atom stereocenters. The van der Waals surface area contributed by atoms with E-state index >= 15 is 0 Å². The second-order valence-electron chi connectivity index (χ2n) is 9.60. The maximum Gasteiger partial charge on any atom is 0.254 e. The Morgan fingerprint density at radius 3 is 2.25 bits per heavy atom. The van der Waals surface area contributed by atoms with Crippen LogP contribution in [0.25, 0.3) is 10.9 Å². The van der Waals surface area contributed by atoms with Gasteiger partial charge in [-0.25, -0.2) is 0 Å². The average molecular weight is 422 g/mol. The Labute approximate surface area is 186 Å². The summed E-state index contributed by atoms with van der Waals surface area (Å²) in [4.78, 5) is 26.4. The van der Waals surface area contributed by atoms with Crippen LogP contribution in [0.3, 0.4) is 0 Å². The molecule has 0 unspecified atom stereocenters. The number of hydrogen-bond donors (Lipinski definition) is 0. The molecule has 0 radical (unpaired) electrons. The van der Waals surface area contributed by atoms with Gasteiger partial charge in [-0.3, -0.25) is 9.59 Å². The van der Waals surface area contributed by atoms with E-state index in [0.29, 0.717) is 11.8 Å². The van der Waals surface area contributed by atoms with Crippen LogP contribution in [0.1, 0.15) is 17.5 Å². The highest BCUT2D eigenvalue weighted by atomic mass is 16.2. The lowest BCUT2D eigenvalue weighted by atomic mass is 9.63. The third kappa shape index (κ3) is 2.48. The molecule has 2 aromatic carbocycles. The van der Waals surface area contributed by atoms with Crippen LogP contribution in [-0.4, -0.2) is 27.6 Å². The van der Waals surface area contributed by atoms with Gasteiger partial charge in [-0.2, -0.15) is 10.1 Å². The van der Waals surface area contributed by atoms with E-state index in [2.05, 4.69) is 52.3 Å². The van der Waals surface area contributed by atoms with Crippen molar-refractivity contribution >= 4 is 28.9 Å². The molecule has 2 amide bonds. The van der Waals surface area contributed by atoms with E-state index in [1.807, 2.05) is 30.3 Å². The molecule has 1 aliphatic heterocycles. The van der Waals surface area contributed by atoms with E-state index < -0.39 is 0 Å². The van der Waals surface area contributed by atoms with E-state index in [1.54, 1.807) is 6.21 Å². The zero-order valence-corrected chi connectivity index (χ0v) is 17.5. The summed E-state index contributed by atoms with van der Waals surface area (Å²) in [5, 5.41) is 6.68. The van der Waals surface area contributed by atoms with Gasteiger partial charge in [-0.05, 0) is 41.7 Å². The van der Waals surface area contributed by atoms with Gasteiger partial charge in [0.05, 0.1) is 18.1 Å². The molecule has 4 aliphatic carbocycles. The number of hydrazone groups is 1. The number of amides is 2. The highest BCUT2D eigenvalue weighted by molar-refractivity contribution is 6.07. The van der Waals surface area contributed by atoms with E-state index in [0.717, 1.165) is 28.0 Å². The highest BCUT2D eigenvalue weighted by Crippen LogP contribution is 2.65. The summed E-state index contributed by atoms with van der Waals surface area (Å²) >= 11 is 0. The third-order valence-electron chi connectivity index (χ3n) is 7.97. The third-order valence-corrected chi connectivity index (χ3v) is 7.97. The van der Waals surface area contributed by atoms with Crippen LogP contribution < -0.4 is 0 Å². The van der Waals surface area contributed by atoms with E-state index in [-0.39, 0.29) is 35.5 Å². The lowest BCUT2D eigenvalue weighted by molar-refractivity contribution is -0.140. The number of benzene rings is 2. The largest absolute Gasteiger partial charge is 0.342 e. The van der Waals surface area contributed by atoms with Crippen molar-refractivity contribution in [1.29, 1.82) is 0 Å². The number of carbonyl (C=O) groups is 2. The fourth-order valence-corrected chi connectivity index (χ4v) is 6.46. The molecule has 8 rings (SSSR count). The number of para-hydroxylation sites is 1. The normalized spacial score (nSPS) is 32.2. The average Bonchev–Trinajstić information content (AvgIpc) is 3.54. The van der Waals surface area contributed by atoms with Crippen molar-refractivity contribution in [3.8, 4) is 0 Å². The summed E-state index contributed by atoms with van der Waals surface area (Å²) in [5.74, 6) is 0.989. The molecule has 2 bridgehead atoms. The predicted molar refractivity (Wildman–Crippen MR) is 122 cm³/mol. The Morgan fingerprint density at radius 1 is 0.875 bits per heavy atom. The monoisotopic (exact) mass is 421 g/mol. The number of carbonyl (C=O) groups excluding carboxylic acids is 2. The van der Waals surface area contributed by atoms with E-state index in [9.17, 15) is 9.59 Å². The molecular weight excluding hydrogens is 398 g/mol. The number of nitrogens with zero attached hydrogens (tertiary/aromatic N) is 3. The zero-order valence-electron chi connectivity index (χ0n) is 17.5. The van der Waals surface area contributed by atoms with Crippen molar-refractivity contribution in [3.05, 3.63) is 84.1 Å². The van der Waals surface area contributed by atoms with Crippen LogP contribution >= 0.6 is 0 Å². The van der Waals surface area contributed by atoms with Crippen molar-refractivity contribution in [3.63, 3.8) is 0 Å². The minimum atomic E-state index is -0.210. The fourth-order valence-electron chi connectivity index (χ4n) is 6.46. The first-order valence-electron chi connectivity index (χ1n) is 11.4. The summed E-state index contributed by atoms with van der Waals surface area (Å²) in [7, 11) is 0. The first-order valence-corrected chi connectivity index (χ1v) is 11.4. The van der Waals surface area contributed by atoms with Crippen molar-refractivity contribution in [1.82, 2.24) is 9.58 Å². The quantitative estimate of drug-likeness (QED) is 0.362. The molecule has 0 N–H and O–H groups in total. The maximum absolute atomic E-state index is 13.2. The van der Waals surface area contributed by atoms with Gasteiger partial charge in [-0.1, -0.05) is 60.7 Å². The summed E-state index contributed by atoms with van der Waals surface area (Å²) in [6, 6.07) is 18.5. The van der Waals surface area contributed by atoms with Crippen molar-refractivity contribution < 1.29 is 9.59 Å². The fraction of sp³-hybridized carbons (Fsp3) is 0.296. The smallest absolute Gasteiger partial charge is 0.254 e. The molecule has 5 nitrogen and oxygen atoms in total. The summed E-state index contributed by atoms with van der Waals surface area (Å²) in [6.45, 7) is 0.749. The molecule has 5 heteroatoms. The minimum Gasteiger partial charge on any atom is -0.342 e. The molecule has 5 aliphatic rings. The molecule has 32 heavy (non-hydrogen) atoms. The Kier molecular flexibility index (Phi) is 3.69. The second-order valence-corrected chi connectivity index (χ2v) is 9.60. The van der Waals surface area contributed by atoms with Gasteiger partial charge in [0.1, 0.15) is 0 Å². The standard InChI is InChI=1S/C27H23N3O2/c31-26-24-19-10-11-20(22-12-21(19)22)25(24)27(32)30(26)28-13-17-15-29(14-16-6-2-1-3-7-16)23-9-5-4-8-18(17)23/h1-11,13,15,19-22,24-25H,12,14H2/b28-13-/t19-,20-,21-,22+,24-,25+/m1/s1. The van der Waals surface area contributed by atoms with Gasteiger partial charge >= 0.3 is 0 Å². The Balaban J connectivity index is 1.21. The van der Waals surface area contributed by atoms with E-state index in [1.165, 1.54) is 12.0 Å². The summed E-state index contributed by atoms with van der Waals surface area (Å²) in [6.07, 6.45) is 9.29. The Hall–Kier alpha value is -3.47. The molecule has 2 heterocycles. The predicted octanol–water partition coefficient (Wildman–Crippen LogP) is 4.08. The Morgan fingerprint density at radius 2 is 1.53 bits per heavy atom. The molecule has 1 saturated heterocycles. The summed E-state index contributed by atoms with van der Waals surface area (Å²) in [5.41, 5.74) is 3.23. The second kappa shape index (κ2) is 6.52. The van der Waals surface area contributed by atoms with Gasteiger partial charge in [0.15, 0.2) is 0 Å². The molecule has 0 spiro atoms. The topological polar surface area (TPSA) is 54.7 Å². The maximum atomic E-state index is 13.2. The molecule has 158 valence electrons. The highest BCUT2D eigenvalue weighted by Gasteiger charge is 2.67. The van der Waals surface area contributed by atoms with Gasteiger partial charge < -0.3 is 4.57 Å². The number of hydrogen-bond acceptors (Lipinski definition) is 3. The van der Waals surface area contributed by atoms with Crippen LogP contribution in [0, 0.1) is 35.5 Å². The number of imide groups is 1. The Bertz CT molecular complexity index is 1290. The van der Waals surface area contributed by atoms with Crippen LogP contribution in [0.15, 0.2) is 78.0 Å². The van der Waals surface area contributed by atoms with Gasteiger partial charge in [0.2, 0.25) is 0 Å². The van der Waals surface area contributed by atoms with Gasteiger partial charge in [0.25, 0.3) is 11.8 Å². The molecule has 3 fully saturated rings. The van der Waals surface area contributed by atoms with Crippen LogP contribution in [0.4, 0.5) is 0 Å². The van der Waals surface area contributed by atoms with Crippen molar-refractivity contribution in [2.24, 2.45) is 40.6 Å². The molecule has 2 saturated carbocycles. The van der Waals surface area contributed by atoms with Crippen LogP contribution in [0.5, 0.6) is 0 Å². The van der Waals surface area contributed by atoms with E-state index in [4.69, 9.17) is 0 Å². The zero-order chi connectivity index (χ0) is 21.4. The first kappa shape index (κ1) is 18.1. The number of rotatable bonds is 4. The van der Waals surface area contributed by atoms with Crippen LogP contribution in [-0.2, 0) is 16.1 Å². The lowest BCUT2D eigenvalue weighted by Crippen LogP contribution is -2.40. The number of fused-ring (bicyclic) bond motifs is 1.